The van der Waals surface area contributed by atoms with Crippen LogP contribution in [-0.4, -0.2) is 24.7 Å². The number of ether oxygens (including phenoxy) is 1. The number of rotatable bonds is 8. The van der Waals surface area contributed by atoms with E-state index >= 15 is 0 Å². The van der Waals surface area contributed by atoms with E-state index in [1.54, 1.807) is 48.2 Å². The van der Waals surface area contributed by atoms with Gasteiger partial charge in [-0.2, -0.15) is 11.8 Å². The van der Waals surface area contributed by atoms with E-state index < -0.39 is 0 Å². The summed E-state index contributed by atoms with van der Waals surface area (Å²) >= 11 is 1.74. The van der Waals surface area contributed by atoms with Crippen LogP contribution in [0.5, 0.6) is 5.75 Å². The molecule has 0 unspecified atom stereocenters. The first-order valence-electron chi connectivity index (χ1n) is 9.62. The molecule has 3 rings (SSSR count). The Morgan fingerprint density at radius 1 is 0.767 bits per heavy atom. The average molecular weight is 421 g/mol. The molecule has 0 aliphatic carbocycles. The minimum atomic E-state index is -0.221. The summed E-state index contributed by atoms with van der Waals surface area (Å²) in [5.41, 5.74) is 3.60. The minimum Gasteiger partial charge on any atom is -0.494 e. The Kier molecular flexibility index (Phi) is 7.51. The molecule has 0 spiro atoms. The lowest BCUT2D eigenvalue weighted by Crippen LogP contribution is -2.13. The van der Waals surface area contributed by atoms with Gasteiger partial charge in [-0.1, -0.05) is 12.1 Å². The summed E-state index contributed by atoms with van der Waals surface area (Å²) in [5.74, 6) is 1.27. The zero-order valence-corrected chi connectivity index (χ0v) is 17.8. The molecule has 5 nitrogen and oxygen atoms in total. The summed E-state index contributed by atoms with van der Waals surface area (Å²) in [7, 11) is 0. The van der Waals surface area contributed by atoms with Crippen molar-refractivity contribution in [2.75, 3.05) is 23.5 Å². The zero-order valence-electron chi connectivity index (χ0n) is 17.0. The molecule has 0 atom stereocenters. The van der Waals surface area contributed by atoms with Crippen LogP contribution in [0, 0.1) is 0 Å². The van der Waals surface area contributed by atoms with E-state index in [9.17, 15) is 9.59 Å². The molecule has 0 aliphatic rings. The molecule has 3 aromatic rings. The van der Waals surface area contributed by atoms with Gasteiger partial charge >= 0.3 is 0 Å². The molecule has 0 bridgehead atoms. The normalized spacial score (nSPS) is 10.3. The van der Waals surface area contributed by atoms with Gasteiger partial charge in [0.2, 0.25) is 0 Å². The van der Waals surface area contributed by atoms with Gasteiger partial charge < -0.3 is 15.4 Å². The molecule has 3 aromatic carbocycles. The Balaban J connectivity index is 1.58. The highest BCUT2D eigenvalue weighted by Crippen LogP contribution is 2.18. The predicted octanol–water partition coefficient (Wildman–Crippen LogP) is 5.45. The molecule has 0 aliphatic heterocycles. The quantitative estimate of drug-likeness (QED) is 0.508. The van der Waals surface area contributed by atoms with E-state index in [1.807, 2.05) is 49.6 Å². The first kappa shape index (κ1) is 21.5. The van der Waals surface area contributed by atoms with Gasteiger partial charge in [-0.05, 0) is 79.4 Å². The van der Waals surface area contributed by atoms with Crippen molar-refractivity contribution in [3.63, 3.8) is 0 Å². The number of hydrogen-bond acceptors (Lipinski definition) is 4. The Morgan fingerprint density at radius 3 is 1.70 bits per heavy atom. The van der Waals surface area contributed by atoms with Crippen molar-refractivity contribution in [3.8, 4) is 5.75 Å². The topological polar surface area (TPSA) is 67.4 Å². The fourth-order valence-corrected chi connectivity index (χ4v) is 3.36. The van der Waals surface area contributed by atoms with Crippen LogP contribution in [0.4, 0.5) is 11.4 Å². The molecule has 0 radical (unpaired) electrons. The number of nitrogens with one attached hydrogen (secondary N) is 2. The smallest absolute Gasteiger partial charge is 0.255 e. The SMILES string of the molecule is CCOc1ccc(NC(=O)c2ccc(NC(=O)c3ccc(CSC)cc3)cc2)cc1. The van der Waals surface area contributed by atoms with Crippen LogP contribution >= 0.6 is 11.8 Å². The van der Waals surface area contributed by atoms with Gasteiger partial charge in [0, 0.05) is 28.3 Å². The summed E-state index contributed by atoms with van der Waals surface area (Å²) in [6.07, 6.45) is 2.04. The molecule has 154 valence electrons. The molecular weight excluding hydrogens is 396 g/mol. The van der Waals surface area contributed by atoms with Crippen LogP contribution in [-0.2, 0) is 5.75 Å². The number of carbonyl (C=O) groups is 2. The highest BCUT2D eigenvalue weighted by atomic mass is 32.2. The monoisotopic (exact) mass is 420 g/mol. The van der Waals surface area contributed by atoms with Gasteiger partial charge in [0.25, 0.3) is 11.8 Å². The molecule has 0 heterocycles. The van der Waals surface area contributed by atoms with Crippen LogP contribution in [0.3, 0.4) is 0 Å². The molecule has 0 saturated carbocycles. The Morgan fingerprint density at radius 2 is 1.23 bits per heavy atom. The summed E-state index contributed by atoms with van der Waals surface area (Å²) in [4.78, 5) is 24.8. The summed E-state index contributed by atoms with van der Waals surface area (Å²) in [5, 5.41) is 5.70. The second-order valence-corrected chi connectivity index (χ2v) is 7.44. The number of hydrogen-bond donors (Lipinski definition) is 2. The van der Waals surface area contributed by atoms with Gasteiger partial charge in [-0.15, -0.1) is 0 Å². The number of benzene rings is 3. The maximum Gasteiger partial charge on any atom is 0.255 e. The standard InChI is InChI=1S/C24H24N2O3S/c1-3-29-22-14-12-21(13-15-22)26-24(28)19-8-10-20(11-9-19)25-23(27)18-6-4-17(5-7-18)16-30-2/h4-15H,3,16H2,1-2H3,(H,25,27)(H,26,28). The maximum absolute atomic E-state index is 12.4. The van der Waals surface area contributed by atoms with E-state index in [1.165, 1.54) is 5.56 Å². The molecule has 0 saturated heterocycles. The van der Waals surface area contributed by atoms with Crippen LogP contribution in [0.15, 0.2) is 72.8 Å². The highest BCUT2D eigenvalue weighted by Gasteiger charge is 2.09. The number of thioether (sulfide) groups is 1. The van der Waals surface area contributed by atoms with E-state index in [-0.39, 0.29) is 11.8 Å². The predicted molar refractivity (Wildman–Crippen MR) is 124 cm³/mol. The fourth-order valence-electron chi connectivity index (χ4n) is 2.83. The minimum absolute atomic E-state index is 0.183. The van der Waals surface area contributed by atoms with Crippen molar-refractivity contribution in [1.82, 2.24) is 0 Å². The van der Waals surface area contributed by atoms with Gasteiger partial charge in [0.15, 0.2) is 0 Å². The highest BCUT2D eigenvalue weighted by molar-refractivity contribution is 7.97. The fraction of sp³-hybridized carbons (Fsp3) is 0.167. The molecular formula is C24H24N2O3S. The summed E-state index contributed by atoms with van der Waals surface area (Å²) < 4.78 is 5.40. The molecule has 2 N–H and O–H groups in total. The Labute approximate surface area is 180 Å². The van der Waals surface area contributed by atoms with Crippen LogP contribution in [0.2, 0.25) is 0 Å². The summed E-state index contributed by atoms with van der Waals surface area (Å²) in [6, 6.07) is 21.6. The van der Waals surface area contributed by atoms with Crippen molar-refractivity contribution in [2.45, 2.75) is 12.7 Å². The van der Waals surface area contributed by atoms with Crippen molar-refractivity contribution in [2.24, 2.45) is 0 Å². The zero-order chi connectivity index (χ0) is 21.3. The number of carbonyl (C=O) groups excluding carboxylic acids is 2. The lowest BCUT2D eigenvalue weighted by atomic mass is 10.1. The van der Waals surface area contributed by atoms with Crippen LogP contribution in [0.1, 0.15) is 33.2 Å². The van der Waals surface area contributed by atoms with Crippen molar-refractivity contribution >= 4 is 35.0 Å². The largest absolute Gasteiger partial charge is 0.494 e. The lowest BCUT2D eigenvalue weighted by Gasteiger charge is -2.09. The molecule has 30 heavy (non-hydrogen) atoms. The average Bonchev–Trinajstić information content (AvgIpc) is 2.76. The first-order valence-corrected chi connectivity index (χ1v) is 11.0. The Bertz CT molecular complexity index is 984. The number of amides is 2. The third-order valence-corrected chi connectivity index (χ3v) is 4.98. The first-order chi connectivity index (χ1) is 14.6. The third kappa shape index (κ3) is 5.87. The molecule has 0 fully saturated rings. The third-order valence-electron chi connectivity index (χ3n) is 4.36. The van der Waals surface area contributed by atoms with Crippen molar-refractivity contribution in [1.29, 1.82) is 0 Å². The van der Waals surface area contributed by atoms with Crippen LogP contribution < -0.4 is 15.4 Å². The molecule has 2 amide bonds. The van der Waals surface area contributed by atoms with Gasteiger partial charge in [0.1, 0.15) is 5.75 Å². The maximum atomic E-state index is 12.4. The Hall–Kier alpha value is -3.25. The summed E-state index contributed by atoms with van der Waals surface area (Å²) in [6.45, 7) is 2.52. The lowest BCUT2D eigenvalue weighted by molar-refractivity contribution is 0.102. The van der Waals surface area contributed by atoms with E-state index in [2.05, 4.69) is 10.6 Å². The van der Waals surface area contributed by atoms with E-state index in [4.69, 9.17) is 4.74 Å². The van der Waals surface area contributed by atoms with Crippen LogP contribution in [0.25, 0.3) is 0 Å². The van der Waals surface area contributed by atoms with Gasteiger partial charge in [0.05, 0.1) is 6.61 Å². The second kappa shape index (κ2) is 10.5. The molecule has 0 aromatic heterocycles. The second-order valence-electron chi connectivity index (χ2n) is 6.57. The molecule has 6 heteroatoms. The van der Waals surface area contributed by atoms with Gasteiger partial charge in [-0.25, -0.2) is 0 Å². The van der Waals surface area contributed by atoms with Crippen molar-refractivity contribution in [3.05, 3.63) is 89.5 Å². The van der Waals surface area contributed by atoms with E-state index in [0.29, 0.717) is 29.1 Å². The number of anilines is 2. The van der Waals surface area contributed by atoms with Gasteiger partial charge in [-0.3, -0.25) is 9.59 Å². The van der Waals surface area contributed by atoms with Crippen molar-refractivity contribution < 1.29 is 14.3 Å². The van der Waals surface area contributed by atoms with E-state index in [0.717, 1.165) is 11.5 Å².